The van der Waals surface area contributed by atoms with Gasteiger partial charge in [-0.25, -0.2) is 0 Å². The van der Waals surface area contributed by atoms with E-state index in [4.69, 9.17) is 33.2 Å². The Morgan fingerprint density at radius 1 is 0.565 bits per heavy atom. The molecule has 0 unspecified atom stereocenters. The smallest absolute Gasteiger partial charge is 0.217 e. The highest BCUT2D eigenvalue weighted by Gasteiger charge is 2.55. The van der Waals surface area contributed by atoms with E-state index in [1.54, 1.807) is 0 Å². The lowest BCUT2D eigenvalue weighted by atomic mass is 9.95. The number of aliphatic hydroxyl groups excluding tert-OH is 11. The number of rotatable bonds is 9. The fourth-order valence-electron chi connectivity index (χ4n) is 5.80. The fourth-order valence-corrected chi connectivity index (χ4v) is 5.80. The Kier molecular flexibility index (Phi) is 12.7. The van der Waals surface area contributed by atoms with Crippen LogP contribution in [0.5, 0.6) is 0 Å². The normalized spacial score (nSPS) is 51.9. The summed E-state index contributed by atoms with van der Waals surface area (Å²) in [5.41, 5.74) is 0. The van der Waals surface area contributed by atoms with Gasteiger partial charge in [-0.15, -0.1) is 0 Å². The van der Waals surface area contributed by atoms with Gasteiger partial charge >= 0.3 is 0 Å². The lowest BCUT2D eigenvalue weighted by Gasteiger charge is -2.49. The van der Waals surface area contributed by atoms with Crippen LogP contribution in [0.3, 0.4) is 0 Å². The van der Waals surface area contributed by atoms with Crippen molar-refractivity contribution in [2.75, 3.05) is 13.2 Å². The zero-order chi connectivity index (χ0) is 34.2. The van der Waals surface area contributed by atoms with Gasteiger partial charge in [0.15, 0.2) is 25.2 Å². The molecule has 0 radical (unpaired) electrons. The monoisotopic (exact) mass is 675 g/mol. The number of carbonyl (C=O) groups is 1. The van der Waals surface area contributed by atoms with E-state index in [9.17, 15) is 61.0 Å². The van der Waals surface area contributed by atoms with Crippen LogP contribution in [0.1, 0.15) is 20.8 Å². The van der Waals surface area contributed by atoms with Crippen LogP contribution in [0.25, 0.3) is 0 Å². The molecule has 20 heteroatoms. The molecule has 0 aliphatic carbocycles. The van der Waals surface area contributed by atoms with Crippen molar-refractivity contribution in [3.63, 3.8) is 0 Å². The van der Waals surface area contributed by atoms with E-state index in [2.05, 4.69) is 5.32 Å². The third-order valence-corrected chi connectivity index (χ3v) is 8.53. The first-order valence-electron chi connectivity index (χ1n) is 14.8. The first-order chi connectivity index (χ1) is 21.6. The molecule has 1 amide bonds. The van der Waals surface area contributed by atoms with E-state index < -0.39 is 142 Å². The summed E-state index contributed by atoms with van der Waals surface area (Å²) in [4.78, 5) is 11.9. The van der Waals surface area contributed by atoms with Gasteiger partial charge < -0.3 is 94.6 Å². The summed E-state index contributed by atoms with van der Waals surface area (Å²) in [5, 5.41) is 117. The third-order valence-electron chi connectivity index (χ3n) is 8.53. The summed E-state index contributed by atoms with van der Waals surface area (Å²) in [5.74, 6) is -0.682. The summed E-state index contributed by atoms with van der Waals surface area (Å²) in [7, 11) is 0. The lowest BCUT2D eigenvalue weighted by molar-refractivity contribution is -0.391. The number of hydrogen-bond donors (Lipinski definition) is 12. The summed E-state index contributed by atoms with van der Waals surface area (Å²) >= 11 is 0. The van der Waals surface area contributed by atoms with Crippen molar-refractivity contribution in [1.29, 1.82) is 0 Å². The molecule has 4 saturated heterocycles. The average molecular weight is 676 g/mol. The molecule has 20 atom stereocenters. The number of ether oxygens (including phenoxy) is 7. The first kappa shape index (κ1) is 37.6. The minimum Gasteiger partial charge on any atom is -0.394 e. The van der Waals surface area contributed by atoms with Gasteiger partial charge in [-0.05, 0) is 13.8 Å². The SMILES string of the molecule is CC(=O)N[C@H]1[C@H](O[C@H]2[C@@H](O[C@@H]3[C@@H](O)[C@H](C)O[C@@H](O[C@@H]4[C@H](O)[C@@H](O)[C@H](C)O[C@H]4O)[C@@H]3O)O[C@H](CO)[C@@H](O)[C@@H]2O)O[C@H](CO)[C@@H](O)[C@@H]1O. The molecular formula is C26H45NO19. The van der Waals surface area contributed by atoms with Crippen LogP contribution < -0.4 is 5.32 Å². The van der Waals surface area contributed by atoms with E-state index in [0.717, 1.165) is 6.92 Å². The Bertz CT molecular complexity index is 997. The maximum atomic E-state index is 11.9. The zero-order valence-electron chi connectivity index (χ0n) is 25.1. The van der Waals surface area contributed by atoms with Gasteiger partial charge in [0, 0.05) is 6.92 Å². The van der Waals surface area contributed by atoms with E-state index in [-0.39, 0.29) is 0 Å². The van der Waals surface area contributed by atoms with Crippen LogP contribution in [0.4, 0.5) is 0 Å². The molecule has 4 fully saturated rings. The van der Waals surface area contributed by atoms with Crippen molar-refractivity contribution in [3.05, 3.63) is 0 Å². The molecule has 4 aliphatic heterocycles. The van der Waals surface area contributed by atoms with Crippen LogP contribution in [0, 0.1) is 0 Å². The van der Waals surface area contributed by atoms with E-state index in [1.165, 1.54) is 13.8 Å². The molecule has 4 heterocycles. The standard InChI is InChI=1S/C26H45NO19/c1-6-12(31)17(36)21(23(39)40-6)45-25-19(38)20(13(32)7(2)41-25)44-26-22(18(37)15(34)10(5-29)43-26)46-24-11(27-8(3)30)16(35)14(33)9(4-28)42-24/h6-7,9-26,28-29,31-39H,4-5H2,1-3H3,(H,27,30)/t6-,7-,9+,10+,11+,12-,13-,14+,15+,16+,17+,18-,19+,20+,21+,22+,23+,24-,25-,26+/m0/s1. The Balaban J connectivity index is 1.58. The van der Waals surface area contributed by atoms with Gasteiger partial charge in [-0.2, -0.15) is 0 Å². The Morgan fingerprint density at radius 2 is 1.07 bits per heavy atom. The molecule has 0 spiro atoms. The van der Waals surface area contributed by atoms with Crippen molar-refractivity contribution in [2.45, 2.75) is 144 Å². The van der Waals surface area contributed by atoms with Gasteiger partial charge in [0.1, 0.15) is 85.4 Å². The summed E-state index contributed by atoms with van der Waals surface area (Å²) in [6.07, 6.45) is -31.0. The highest BCUT2D eigenvalue weighted by atomic mass is 16.8. The minimum absolute atomic E-state index is 0.682. The molecule has 0 aromatic rings. The molecule has 0 aromatic carbocycles. The Morgan fingerprint density at radius 3 is 1.65 bits per heavy atom. The average Bonchev–Trinajstić information content (AvgIpc) is 3.01. The molecular weight excluding hydrogens is 630 g/mol. The lowest BCUT2D eigenvalue weighted by Crippen LogP contribution is -2.68. The number of hydrogen-bond acceptors (Lipinski definition) is 19. The Hall–Kier alpha value is -1.25. The highest BCUT2D eigenvalue weighted by Crippen LogP contribution is 2.34. The molecule has 268 valence electrons. The van der Waals surface area contributed by atoms with Gasteiger partial charge in [-0.1, -0.05) is 0 Å². The van der Waals surface area contributed by atoms with Crippen LogP contribution in [-0.4, -0.2) is 198 Å². The molecule has 0 saturated carbocycles. The van der Waals surface area contributed by atoms with Crippen molar-refractivity contribution in [2.24, 2.45) is 0 Å². The van der Waals surface area contributed by atoms with Crippen molar-refractivity contribution in [1.82, 2.24) is 5.32 Å². The maximum absolute atomic E-state index is 11.9. The van der Waals surface area contributed by atoms with E-state index in [0.29, 0.717) is 0 Å². The second kappa shape index (κ2) is 15.5. The highest BCUT2D eigenvalue weighted by molar-refractivity contribution is 5.73. The topological polar surface area (TPSA) is 316 Å². The zero-order valence-corrected chi connectivity index (χ0v) is 25.1. The second-order valence-corrected chi connectivity index (χ2v) is 11.8. The van der Waals surface area contributed by atoms with Crippen LogP contribution in [0.15, 0.2) is 0 Å². The summed E-state index contributed by atoms with van der Waals surface area (Å²) < 4.78 is 39.1. The quantitative estimate of drug-likeness (QED) is 0.108. The number of nitrogens with one attached hydrogen (secondary N) is 1. The van der Waals surface area contributed by atoms with E-state index >= 15 is 0 Å². The molecule has 4 aliphatic rings. The van der Waals surface area contributed by atoms with Crippen LogP contribution >= 0.6 is 0 Å². The van der Waals surface area contributed by atoms with Crippen molar-refractivity contribution in [3.8, 4) is 0 Å². The molecule has 46 heavy (non-hydrogen) atoms. The second-order valence-electron chi connectivity index (χ2n) is 11.8. The fraction of sp³-hybridized carbons (Fsp3) is 0.962. The maximum Gasteiger partial charge on any atom is 0.217 e. The predicted molar refractivity (Wildman–Crippen MR) is 143 cm³/mol. The molecule has 20 nitrogen and oxygen atoms in total. The number of amides is 1. The van der Waals surface area contributed by atoms with Crippen LogP contribution in [0.2, 0.25) is 0 Å². The van der Waals surface area contributed by atoms with Gasteiger partial charge in [0.2, 0.25) is 5.91 Å². The molecule has 4 rings (SSSR count). The summed E-state index contributed by atoms with van der Waals surface area (Å²) in [6, 6.07) is -1.48. The van der Waals surface area contributed by atoms with Gasteiger partial charge in [-0.3, -0.25) is 4.79 Å². The number of aliphatic hydroxyl groups is 11. The summed E-state index contributed by atoms with van der Waals surface area (Å²) in [6.45, 7) is 2.23. The third kappa shape index (κ3) is 7.64. The van der Waals surface area contributed by atoms with Crippen molar-refractivity contribution < 1.29 is 94.1 Å². The minimum atomic E-state index is -1.93. The van der Waals surface area contributed by atoms with Gasteiger partial charge in [0.05, 0.1) is 25.4 Å². The van der Waals surface area contributed by atoms with Crippen molar-refractivity contribution >= 4 is 5.91 Å². The molecule has 0 bridgehead atoms. The van der Waals surface area contributed by atoms with Crippen LogP contribution in [-0.2, 0) is 38.0 Å². The molecule has 0 aromatic heterocycles. The Labute approximate surface area is 262 Å². The first-order valence-corrected chi connectivity index (χ1v) is 14.8. The predicted octanol–water partition coefficient (Wildman–Crippen LogP) is -7.55. The molecule has 12 N–H and O–H groups in total. The largest absolute Gasteiger partial charge is 0.394 e. The van der Waals surface area contributed by atoms with E-state index in [1.807, 2.05) is 0 Å². The van der Waals surface area contributed by atoms with Gasteiger partial charge in [0.25, 0.3) is 0 Å². The number of carbonyl (C=O) groups excluding carboxylic acids is 1.